The lowest BCUT2D eigenvalue weighted by Gasteiger charge is -2.17. The van der Waals surface area contributed by atoms with Gasteiger partial charge >= 0.3 is 6.18 Å². The number of aryl methyl sites for hydroxylation is 2. The van der Waals surface area contributed by atoms with E-state index >= 15 is 0 Å². The summed E-state index contributed by atoms with van der Waals surface area (Å²) >= 11 is 0. The smallest absolute Gasteiger partial charge is 0.453 e. The Kier molecular flexibility index (Phi) is 6.27. The lowest BCUT2D eigenvalue weighted by atomic mass is 10.1. The highest BCUT2D eigenvalue weighted by Gasteiger charge is 2.37. The molecule has 3 aromatic rings. The Morgan fingerprint density at radius 2 is 2.00 bits per heavy atom. The second-order valence-corrected chi connectivity index (χ2v) is 7.01. The maximum absolute atomic E-state index is 12.9. The minimum absolute atomic E-state index is 0.0532. The first kappa shape index (κ1) is 22.2. The molecule has 0 spiro atoms. The molecule has 0 saturated heterocycles. The molecule has 166 valence electrons. The average molecular weight is 438 g/mol. The minimum atomic E-state index is -4.68. The number of halogens is 3. The molecule has 3 aromatic heterocycles. The fraction of sp³-hybridized carbons (Fsp3) is 0.421. The summed E-state index contributed by atoms with van der Waals surface area (Å²) in [6.07, 6.45) is -2.89. The van der Waals surface area contributed by atoms with Crippen molar-refractivity contribution in [3.63, 3.8) is 0 Å². The number of likely N-dealkylation sites (N-methyl/N-ethyl adjacent to an activating group) is 1. The zero-order valence-corrected chi connectivity index (χ0v) is 17.2. The van der Waals surface area contributed by atoms with Crippen LogP contribution in [-0.4, -0.2) is 49.9 Å². The summed E-state index contributed by atoms with van der Waals surface area (Å²) in [7, 11) is 1.50. The molecule has 1 N–H and O–H groups in total. The maximum atomic E-state index is 12.9. The summed E-state index contributed by atoms with van der Waals surface area (Å²) in [5.74, 6) is -1.46. The number of hydrogen-bond donors (Lipinski definition) is 1. The number of carbonyl (C=O) groups excluding carboxylic acids is 2. The summed E-state index contributed by atoms with van der Waals surface area (Å²) in [6, 6.07) is 3.42. The molecule has 3 rings (SSSR count). The number of furan rings is 1. The van der Waals surface area contributed by atoms with Crippen LogP contribution in [0.3, 0.4) is 0 Å². The first-order valence-electron chi connectivity index (χ1n) is 9.39. The first-order valence-corrected chi connectivity index (χ1v) is 9.39. The summed E-state index contributed by atoms with van der Waals surface area (Å²) in [5, 5.41) is 6.14. The van der Waals surface area contributed by atoms with E-state index in [4.69, 9.17) is 4.42 Å². The van der Waals surface area contributed by atoms with Crippen molar-refractivity contribution in [1.82, 2.24) is 29.8 Å². The standard InChI is InChI=1S/C19H21F3N6O3/c1-11-14(12(2)28-18(24-11)25-17(26-28)19(20,21)22)6-7-16(30)27(3)10-15(29)23-9-13-5-4-8-31-13/h4-5,8H,6-7,9-10H2,1-3H3,(H,23,29). The van der Waals surface area contributed by atoms with Crippen molar-refractivity contribution < 1.29 is 27.2 Å². The molecule has 0 aromatic carbocycles. The lowest BCUT2D eigenvalue weighted by Crippen LogP contribution is -2.38. The number of alkyl halides is 3. The SMILES string of the molecule is Cc1nc2nc(C(F)(F)F)nn2c(C)c1CCC(=O)N(C)CC(=O)NCc1ccco1. The van der Waals surface area contributed by atoms with Gasteiger partial charge in [-0.2, -0.15) is 18.2 Å². The van der Waals surface area contributed by atoms with Gasteiger partial charge in [0.15, 0.2) is 0 Å². The van der Waals surface area contributed by atoms with Crippen LogP contribution in [0.4, 0.5) is 13.2 Å². The molecule has 0 bridgehead atoms. The van der Waals surface area contributed by atoms with Crippen LogP contribution in [0.1, 0.15) is 35.0 Å². The van der Waals surface area contributed by atoms with Crippen LogP contribution in [-0.2, 0) is 28.7 Å². The van der Waals surface area contributed by atoms with Gasteiger partial charge in [0.2, 0.25) is 11.8 Å². The van der Waals surface area contributed by atoms with E-state index < -0.39 is 12.0 Å². The number of nitrogens with zero attached hydrogens (tertiary/aromatic N) is 5. The number of fused-ring (bicyclic) bond motifs is 1. The second-order valence-electron chi connectivity index (χ2n) is 7.01. The van der Waals surface area contributed by atoms with Crippen molar-refractivity contribution >= 4 is 17.6 Å². The van der Waals surface area contributed by atoms with Gasteiger partial charge in [0.25, 0.3) is 11.6 Å². The number of amides is 2. The number of nitrogens with one attached hydrogen (secondary N) is 1. The van der Waals surface area contributed by atoms with Crippen molar-refractivity contribution in [3.05, 3.63) is 46.9 Å². The zero-order chi connectivity index (χ0) is 22.8. The Balaban J connectivity index is 1.61. The minimum Gasteiger partial charge on any atom is -0.467 e. The van der Waals surface area contributed by atoms with E-state index in [-0.39, 0.29) is 43.5 Å². The third-order valence-corrected chi connectivity index (χ3v) is 4.74. The number of rotatable bonds is 7. The zero-order valence-electron chi connectivity index (χ0n) is 17.2. The van der Waals surface area contributed by atoms with E-state index in [9.17, 15) is 22.8 Å². The lowest BCUT2D eigenvalue weighted by molar-refractivity contribution is -0.144. The summed E-state index contributed by atoms with van der Waals surface area (Å²) < 4.78 is 44.8. The normalized spacial score (nSPS) is 11.7. The van der Waals surface area contributed by atoms with Gasteiger partial charge in [-0.3, -0.25) is 9.59 Å². The molecule has 3 heterocycles. The van der Waals surface area contributed by atoms with Crippen LogP contribution in [0.15, 0.2) is 22.8 Å². The molecule has 2 amide bonds. The molecule has 0 aliphatic heterocycles. The highest BCUT2D eigenvalue weighted by molar-refractivity contribution is 5.84. The van der Waals surface area contributed by atoms with Gasteiger partial charge < -0.3 is 14.6 Å². The van der Waals surface area contributed by atoms with E-state index in [1.807, 2.05) is 0 Å². The predicted molar refractivity (Wildman–Crippen MR) is 102 cm³/mol. The van der Waals surface area contributed by atoms with Gasteiger partial charge in [-0.05, 0) is 38.0 Å². The van der Waals surface area contributed by atoms with Gasteiger partial charge in [-0.1, -0.05) is 0 Å². The summed E-state index contributed by atoms with van der Waals surface area (Å²) in [6.45, 7) is 3.32. The van der Waals surface area contributed by atoms with Crippen LogP contribution >= 0.6 is 0 Å². The number of carbonyl (C=O) groups is 2. The molecule has 0 fully saturated rings. The Labute approximate surface area is 175 Å². The molecule has 0 aliphatic carbocycles. The second kappa shape index (κ2) is 8.74. The molecule has 9 nitrogen and oxygen atoms in total. The molecule has 0 atom stereocenters. The third kappa shape index (κ3) is 5.19. The van der Waals surface area contributed by atoms with Gasteiger partial charge in [-0.15, -0.1) is 5.10 Å². The monoisotopic (exact) mass is 438 g/mol. The van der Waals surface area contributed by atoms with Crippen LogP contribution in [0, 0.1) is 13.8 Å². The summed E-state index contributed by atoms with van der Waals surface area (Å²) in [4.78, 5) is 33.2. The van der Waals surface area contributed by atoms with Crippen molar-refractivity contribution in [2.45, 2.75) is 39.4 Å². The van der Waals surface area contributed by atoms with E-state index in [0.29, 0.717) is 22.7 Å². The predicted octanol–water partition coefficient (Wildman–Crippen LogP) is 2.06. The third-order valence-electron chi connectivity index (χ3n) is 4.74. The van der Waals surface area contributed by atoms with E-state index in [0.717, 1.165) is 4.52 Å². The number of hydrogen-bond acceptors (Lipinski definition) is 6. The van der Waals surface area contributed by atoms with Gasteiger partial charge in [0.1, 0.15) is 5.76 Å². The molecular formula is C19H21F3N6O3. The van der Waals surface area contributed by atoms with Gasteiger partial charge in [-0.25, -0.2) is 9.50 Å². The molecule has 0 saturated carbocycles. The van der Waals surface area contributed by atoms with Crippen LogP contribution in [0.2, 0.25) is 0 Å². The van der Waals surface area contributed by atoms with Crippen LogP contribution < -0.4 is 5.32 Å². The van der Waals surface area contributed by atoms with Crippen molar-refractivity contribution in [1.29, 1.82) is 0 Å². The molecule has 0 unspecified atom stereocenters. The largest absolute Gasteiger partial charge is 0.467 e. The number of aromatic nitrogens is 4. The Bertz CT molecular complexity index is 1090. The molecule has 12 heteroatoms. The highest BCUT2D eigenvalue weighted by atomic mass is 19.4. The first-order chi connectivity index (χ1) is 14.6. The van der Waals surface area contributed by atoms with E-state index in [1.54, 1.807) is 26.0 Å². The Hall–Kier alpha value is -3.44. The van der Waals surface area contributed by atoms with Crippen LogP contribution in [0.25, 0.3) is 5.78 Å². The van der Waals surface area contributed by atoms with Crippen molar-refractivity contribution in [3.8, 4) is 0 Å². The van der Waals surface area contributed by atoms with E-state index in [2.05, 4.69) is 20.4 Å². The van der Waals surface area contributed by atoms with Gasteiger partial charge in [0.05, 0.1) is 19.4 Å². The maximum Gasteiger partial charge on any atom is 0.453 e. The van der Waals surface area contributed by atoms with Crippen molar-refractivity contribution in [2.75, 3.05) is 13.6 Å². The summed E-state index contributed by atoms with van der Waals surface area (Å²) in [5.41, 5.74) is 1.50. The highest BCUT2D eigenvalue weighted by Crippen LogP contribution is 2.27. The topological polar surface area (TPSA) is 106 Å². The van der Waals surface area contributed by atoms with Crippen molar-refractivity contribution in [2.24, 2.45) is 0 Å². The molecular weight excluding hydrogens is 417 g/mol. The molecule has 31 heavy (non-hydrogen) atoms. The molecule has 0 aliphatic rings. The van der Waals surface area contributed by atoms with Gasteiger partial charge in [0, 0.05) is 24.9 Å². The average Bonchev–Trinajstić information content (AvgIpc) is 3.35. The fourth-order valence-corrected chi connectivity index (χ4v) is 3.07. The fourth-order valence-electron chi connectivity index (χ4n) is 3.07. The Morgan fingerprint density at radius 1 is 1.26 bits per heavy atom. The van der Waals surface area contributed by atoms with Crippen LogP contribution in [0.5, 0.6) is 0 Å². The van der Waals surface area contributed by atoms with E-state index in [1.165, 1.54) is 18.2 Å². The molecule has 0 radical (unpaired) electrons. The quantitative estimate of drug-likeness (QED) is 0.605. The Morgan fingerprint density at radius 3 is 2.65 bits per heavy atom.